The van der Waals surface area contributed by atoms with Crippen molar-refractivity contribution in [2.75, 3.05) is 13.7 Å². The quantitative estimate of drug-likeness (QED) is 0.389. The van der Waals surface area contributed by atoms with Gasteiger partial charge in [0.15, 0.2) is 0 Å². The summed E-state index contributed by atoms with van der Waals surface area (Å²) in [5.74, 6) is 0.884. The molecule has 0 amide bonds. The number of benzene rings is 3. The van der Waals surface area contributed by atoms with E-state index in [9.17, 15) is 13.2 Å². The Morgan fingerprint density at radius 2 is 1.81 bits per heavy atom. The van der Waals surface area contributed by atoms with Crippen molar-refractivity contribution in [2.24, 2.45) is 10.6 Å². The molecule has 0 aromatic heterocycles. The van der Waals surface area contributed by atoms with Gasteiger partial charge in [-0.05, 0) is 68.0 Å². The first-order chi connectivity index (χ1) is 17.5. The molecule has 1 heterocycles. The summed E-state index contributed by atoms with van der Waals surface area (Å²) in [4.78, 5) is 12.3. The first-order valence-corrected chi connectivity index (χ1v) is 14.0. The van der Waals surface area contributed by atoms with E-state index >= 15 is 0 Å². The van der Waals surface area contributed by atoms with E-state index in [0.717, 1.165) is 27.8 Å². The number of rotatable bonds is 9. The molecule has 1 atom stereocenters. The Morgan fingerprint density at radius 1 is 1.05 bits per heavy atom. The Kier molecular flexibility index (Phi) is 7.62. The van der Waals surface area contributed by atoms with Crippen LogP contribution in [-0.2, 0) is 31.7 Å². The van der Waals surface area contributed by atoms with E-state index < -0.39 is 21.5 Å². The predicted octanol–water partition coefficient (Wildman–Crippen LogP) is 5.15. The first-order valence-electron chi connectivity index (χ1n) is 12.3. The summed E-state index contributed by atoms with van der Waals surface area (Å²) in [6.07, 6.45) is 0.860. The Labute approximate surface area is 218 Å². The molecule has 8 heteroatoms. The minimum atomic E-state index is -3.70. The molecule has 0 radical (unpaired) electrons. The van der Waals surface area contributed by atoms with Crippen molar-refractivity contribution < 1.29 is 27.4 Å². The molecular weight excluding hydrogens is 490 g/mol. The van der Waals surface area contributed by atoms with E-state index in [1.807, 2.05) is 69.3 Å². The molecular formula is C29H33NO6S. The zero-order chi connectivity index (χ0) is 26.8. The summed E-state index contributed by atoms with van der Waals surface area (Å²) < 4.78 is 40.9. The Hall–Kier alpha value is -3.36. The molecule has 37 heavy (non-hydrogen) atoms. The maximum Gasteiger partial charge on any atom is 0.311 e. The summed E-state index contributed by atoms with van der Waals surface area (Å²) in [5.41, 5.74) is 4.55. The van der Waals surface area contributed by atoms with Gasteiger partial charge in [0.05, 0.1) is 30.4 Å². The van der Waals surface area contributed by atoms with Crippen molar-refractivity contribution in [2.45, 2.75) is 45.5 Å². The van der Waals surface area contributed by atoms with Crippen LogP contribution < -0.4 is 14.6 Å². The lowest BCUT2D eigenvalue weighted by Crippen LogP contribution is -2.27. The maximum atomic E-state index is 12.3. The van der Waals surface area contributed by atoms with Gasteiger partial charge < -0.3 is 14.2 Å². The van der Waals surface area contributed by atoms with Gasteiger partial charge in [-0.3, -0.25) is 4.79 Å². The van der Waals surface area contributed by atoms with Crippen LogP contribution in [0.25, 0.3) is 11.1 Å². The molecule has 7 nitrogen and oxygen atoms in total. The molecule has 0 saturated carbocycles. The van der Waals surface area contributed by atoms with E-state index in [1.54, 1.807) is 13.2 Å². The van der Waals surface area contributed by atoms with Gasteiger partial charge in [-0.15, -0.1) is 0 Å². The molecule has 2 N–H and O–H groups in total. The van der Waals surface area contributed by atoms with Gasteiger partial charge in [0.2, 0.25) is 10.0 Å². The Morgan fingerprint density at radius 3 is 2.51 bits per heavy atom. The number of esters is 1. The predicted molar refractivity (Wildman–Crippen MR) is 143 cm³/mol. The summed E-state index contributed by atoms with van der Waals surface area (Å²) in [7, 11) is -2.09. The molecule has 0 fully saturated rings. The smallest absolute Gasteiger partial charge is 0.311 e. The molecule has 0 saturated heterocycles. The zero-order valence-electron chi connectivity index (χ0n) is 21.6. The van der Waals surface area contributed by atoms with Gasteiger partial charge in [0, 0.05) is 5.56 Å². The number of primary sulfonamides is 1. The summed E-state index contributed by atoms with van der Waals surface area (Å²) >= 11 is 0. The highest BCUT2D eigenvalue weighted by Gasteiger charge is 2.31. The van der Waals surface area contributed by atoms with Gasteiger partial charge in [0.25, 0.3) is 0 Å². The first kappa shape index (κ1) is 26.7. The summed E-state index contributed by atoms with van der Waals surface area (Å²) in [5, 5.41) is 5.33. The molecule has 196 valence electrons. The van der Waals surface area contributed by atoms with Gasteiger partial charge in [-0.25, -0.2) is 13.6 Å². The van der Waals surface area contributed by atoms with Gasteiger partial charge >= 0.3 is 5.97 Å². The fourth-order valence-electron chi connectivity index (χ4n) is 4.66. The molecule has 0 spiro atoms. The van der Waals surface area contributed by atoms with Crippen molar-refractivity contribution >= 4 is 16.0 Å². The largest absolute Gasteiger partial charge is 0.496 e. The van der Waals surface area contributed by atoms with Crippen LogP contribution >= 0.6 is 0 Å². The number of hydrogen-bond donors (Lipinski definition) is 1. The highest BCUT2D eigenvalue weighted by molar-refractivity contribution is 7.88. The third-order valence-electron chi connectivity index (χ3n) is 6.61. The van der Waals surface area contributed by atoms with Crippen molar-refractivity contribution in [3.05, 3.63) is 82.9 Å². The van der Waals surface area contributed by atoms with Crippen LogP contribution in [0, 0.1) is 5.41 Å². The SMILES string of the molecule is CCOC(=O)C(C)(C)CCc1cccc(C2Oc3cccc(OC)c3-c3ccc(CS(N)(=O)=O)cc32)c1. The lowest BCUT2D eigenvalue weighted by atomic mass is 9.85. The average molecular weight is 524 g/mol. The summed E-state index contributed by atoms with van der Waals surface area (Å²) in [6, 6.07) is 19.2. The van der Waals surface area contributed by atoms with Crippen molar-refractivity contribution in [1.29, 1.82) is 0 Å². The van der Waals surface area contributed by atoms with Crippen LogP contribution in [0.15, 0.2) is 60.7 Å². The second kappa shape index (κ2) is 10.6. The second-order valence-electron chi connectivity index (χ2n) is 9.91. The minimum absolute atomic E-state index is 0.205. The number of nitrogens with two attached hydrogens (primary N) is 1. The van der Waals surface area contributed by atoms with Crippen LogP contribution in [0.4, 0.5) is 0 Å². The fourth-order valence-corrected chi connectivity index (χ4v) is 5.30. The Bertz CT molecular complexity index is 1410. The Balaban J connectivity index is 1.72. The molecule has 1 unspecified atom stereocenters. The molecule has 1 aliphatic heterocycles. The number of hydrogen-bond acceptors (Lipinski definition) is 6. The number of ether oxygens (including phenoxy) is 3. The number of fused-ring (bicyclic) bond motifs is 3. The zero-order valence-corrected chi connectivity index (χ0v) is 22.4. The van der Waals surface area contributed by atoms with E-state index in [2.05, 4.69) is 6.07 Å². The van der Waals surface area contributed by atoms with E-state index in [0.29, 0.717) is 36.5 Å². The third-order valence-corrected chi connectivity index (χ3v) is 7.34. The van der Waals surface area contributed by atoms with Crippen molar-refractivity contribution in [3.63, 3.8) is 0 Å². The number of sulfonamides is 1. The lowest BCUT2D eigenvalue weighted by molar-refractivity contribution is -0.153. The normalized spacial score (nSPS) is 14.8. The topological polar surface area (TPSA) is 105 Å². The van der Waals surface area contributed by atoms with Crippen LogP contribution in [0.5, 0.6) is 11.5 Å². The van der Waals surface area contributed by atoms with Crippen LogP contribution in [0.3, 0.4) is 0 Å². The highest BCUT2D eigenvalue weighted by Crippen LogP contribution is 2.49. The van der Waals surface area contributed by atoms with E-state index in [4.69, 9.17) is 19.3 Å². The van der Waals surface area contributed by atoms with Crippen LogP contribution in [0.1, 0.15) is 55.5 Å². The standard InChI is InChI=1S/C29H33NO6S/c1-5-35-28(31)29(2,3)15-14-19-8-6-9-21(16-19)27-23-17-20(18-37(30,32)33)12-13-22(23)26-24(34-4)10-7-11-25(26)36-27/h6-13,16-17,27H,5,14-15,18H2,1-4H3,(H2,30,32,33). The van der Waals surface area contributed by atoms with Crippen LogP contribution in [-0.4, -0.2) is 28.1 Å². The van der Waals surface area contributed by atoms with Gasteiger partial charge in [0.1, 0.15) is 17.6 Å². The molecule has 0 aliphatic carbocycles. The second-order valence-corrected chi connectivity index (χ2v) is 11.5. The molecule has 3 aromatic rings. The number of aryl methyl sites for hydroxylation is 1. The average Bonchev–Trinajstić information content (AvgIpc) is 2.86. The monoisotopic (exact) mass is 523 g/mol. The third kappa shape index (κ3) is 5.97. The number of carbonyl (C=O) groups excluding carboxylic acids is 1. The molecule has 4 rings (SSSR count). The molecule has 1 aliphatic rings. The van der Waals surface area contributed by atoms with Gasteiger partial charge in [-0.1, -0.05) is 48.5 Å². The molecule has 3 aromatic carbocycles. The minimum Gasteiger partial charge on any atom is -0.496 e. The van der Waals surface area contributed by atoms with Crippen LogP contribution in [0.2, 0.25) is 0 Å². The summed E-state index contributed by atoms with van der Waals surface area (Å²) in [6.45, 7) is 5.96. The van der Waals surface area contributed by atoms with E-state index in [1.165, 1.54) is 0 Å². The van der Waals surface area contributed by atoms with E-state index in [-0.39, 0.29) is 11.7 Å². The number of carbonyl (C=O) groups is 1. The maximum absolute atomic E-state index is 12.3. The van der Waals surface area contributed by atoms with Crippen molar-refractivity contribution in [3.8, 4) is 22.6 Å². The number of methoxy groups -OCH3 is 1. The van der Waals surface area contributed by atoms with Gasteiger partial charge in [-0.2, -0.15) is 0 Å². The fraction of sp³-hybridized carbons (Fsp3) is 0.345. The highest BCUT2D eigenvalue weighted by atomic mass is 32.2. The molecule has 0 bridgehead atoms. The van der Waals surface area contributed by atoms with Crippen molar-refractivity contribution in [1.82, 2.24) is 0 Å². The lowest BCUT2D eigenvalue weighted by Gasteiger charge is -2.31.